The van der Waals surface area contributed by atoms with E-state index in [1.54, 1.807) is 0 Å². The van der Waals surface area contributed by atoms with E-state index in [0.717, 1.165) is 61.2 Å². The van der Waals surface area contributed by atoms with Crippen LogP contribution in [0.5, 0.6) is 0 Å². The fraction of sp³-hybridized carbons (Fsp3) is 0. The number of benzene rings is 10. The molecular weight excluding hydrogens is 729 g/mol. The molecule has 0 saturated carbocycles. The molecule has 0 unspecified atom stereocenters. The average Bonchev–Trinajstić information content (AvgIpc) is 3.78. The topological polar surface area (TPSA) is 29.3 Å². The number of rotatable bonds is 8. The maximum Gasteiger partial charge on any atom is 0.227 e. The molecule has 0 N–H and O–H groups in total. The first-order chi connectivity index (χ1) is 29.7. The van der Waals surface area contributed by atoms with Crippen LogP contribution in [0, 0.1) is 0 Å². The Kier molecular flexibility index (Phi) is 8.83. The predicted molar refractivity (Wildman–Crippen MR) is 251 cm³/mol. The van der Waals surface area contributed by atoms with Crippen molar-refractivity contribution in [3.8, 4) is 56.0 Å². The van der Waals surface area contributed by atoms with Crippen LogP contribution in [0.25, 0.3) is 88.6 Å². The molecule has 0 spiro atoms. The van der Waals surface area contributed by atoms with Gasteiger partial charge in [0.25, 0.3) is 0 Å². The molecule has 0 radical (unpaired) electrons. The maximum absolute atomic E-state index is 6.54. The van der Waals surface area contributed by atoms with E-state index in [0.29, 0.717) is 5.89 Å². The van der Waals surface area contributed by atoms with Crippen LogP contribution < -0.4 is 4.90 Å². The van der Waals surface area contributed by atoms with Crippen molar-refractivity contribution < 1.29 is 4.42 Å². The lowest BCUT2D eigenvalue weighted by atomic mass is 9.96. The largest absolute Gasteiger partial charge is 0.435 e. The lowest BCUT2D eigenvalue weighted by Crippen LogP contribution is -2.10. The second kappa shape index (κ2) is 15.1. The van der Waals surface area contributed by atoms with Crippen LogP contribution in [-0.2, 0) is 0 Å². The van der Waals surface area contributed by atoms with Crippen LogP contribution in [0.15, 0.2) is 235 Å². The van der Waals surface area contributed by atoms with E-state index in [-0.39, 0.29) is 0 Å². The molecule has 10 aromatic carbocycles. The summed E-state index contributed by atoms with van der Waals surface area (Å²) in [6, 6.07) is 81.9. The lowest BCUT2D eigenvalue weighted by molar-refractivity contribution is 0.623. The molecule has 0 saturated heterocycles. The molecule has 0 fully saturated rings. The second-order valence-electron chi connectivity index (χ2n) is 15.2. The number of oxazole rings is 1. The molecule has 3 nitrogen and oxygen atoms in total. The first kappa shape index (κ1) is 35.2. The number of fused-ring (bicyclic) bond motifs is 4. The smallest absolute Gasteiger partial charge is 0.227 e. The summed E-state index contributed by atoms with van der Waals surface area (Å²) in [7, 11) is 0. The molecule has 0 aliphatic rings. The number of nitrogens with zero attached hydrogens (tertiary/aromatic N) is 2. The van der Waals surface area contributed by atoms with Crippen molar-refractivity contribution in [3.63, 3.8) is 0 Å². The molecule has 0 aliphatic carbocycles. The van der Waals surface area contributed by atoms with Crippen molar-refractivity contribution in [2.24, 2.45) is 0 Å². The van der Waals surface area contributed by atoms with E-state index >= 15 is 0 Å². The van der Waals surface area contributed by atoms with Gasteiger partial charge in [-0.25, -0.2) is 4.98 Å². The molecule has 0 bridgehead atoms. The van der Waals surface area contributed by atoms with Gasteiger partial charge < -0.3 is 9.32 Å². The third kappa shape index (κ3) is 6.58. The number of hydrogen-bond donors (Lipinski definition) is 0. The second-order valence-corrected chi connectivity index (χ2v) is 15.2. The zero-order chi connectivity index (χ0) is 39.8. The van der Waals surface area contributed by atoms with Crippen molar-refractivity contribution in [3.05, 3.63) is 231 Å². The van der Waals surface area contributed by atoms with Gasteiger partial charge in [0.05, 0.1) is 0 Å². The van der Waals surface area contributed by atoms with Crippen molar-refractivity contribution in [2.45, 2.75) is 0 Å². The summed E-state index contributed by atoms with van der Waals surface area (Å²) >= 11 is 0. The predicted octanol–water partition coefficient (Wildman–Crippen LogP) is 15.9. The van der Waals surface area contributed by atoms with Crippen LogP contribution >= 0.6 is 0 Å². The quantitative estimate of drug-likeness (QED) is 0.154. The zero-order valence-corrected chi connectivity index (χ0v) is 32.7. The first-order valence-corrected chi connectivity index (χ1v) is 20.4. The SMILES string of the molecule is c1ccc(-c2ccc(-c3nc4ccc5cc(N(c6ccc(-c7ccccc7)cc6)c6cccc(-c7ccc(-c8cccc9ccccc89)cc7)c6)ccc5c4o3)cc2)cc1. The molecule has 1 heterocycles. The van der Waals surface area contributed by atoms with Gasteiger partial charge in [-0.15, -0.1) is 0 Å². The van der Waals surface area contributed by atoms with Gasteiger partial charge in [-0.2, -0.15) is 0 Å². The highest BCUT2D eigenvalue weighted by atomic mass is 16.3. The fourth-order valence-electron chi connectivity index (χ4n) is 8.42. The molecule has 60 heavy (non-hydrogen) atoms. The number of aromatic nitrogens is 1. The van der Waals surface area contributed by atoms with E-state index in [1.165, 1.54) is 38.6 Å². The minimum Gasteiger partial charge on any atom is -0.435 e. The van der Waals surface area contributed by atoms with Gasteiger partial charge in [-0.05, 0) is 121 Å². The van der Waals surface area contributed by atoms with E-state index in [4.69, 9.17) is 9.40 Å². The van der Waals surface area contributed by atoms with Crippen molar-refractivity contribution in [2.75, 3.05) is 4.90 Å². The van der Waals surface area contributed by atoms with Crippen LogP contribution in [0.4, 0.5) is 17.1 Å². The van der Waals surface area contributed by atoms with Crippen LogP contribution in [0.1, 0.15) is 0 Å². The Morgan fingerprint density at radius 1 is 0.317 bits per heavy atom. The van der Waals surface area contributed by atoms with Crippen molar-refractivity contribution in [1.82, 2.24) is 4.98 Å². The summed E-state index contributed by atoms with van der Waals surface area (Å²) in [5, 5.41) is 4.61. The lowest BCUT2D eigenvalue weighted by Gasteiger charge is -2.26. The minimum atomic E-state index is 0.614. The normalized spacial score (nSPS) is 11.3. The minimum absolute atomic E-state index is 0.614. The molecule has 282 valence electrons. The Bertz CT molecular complexity index is 3270. The molecule has 3 heteroatoms. The highest BCUT2D eigenvalue weighted by molar-refractivity contribution is 6.05. The summed E-state index contributed by atoms with van der Waals surface area (Å²) in [4.78, 5) is 7.26. The highest BCUT2D eigenvalue weighted by Crippen LogP contribution is 2.41. The Hall–Kier alpha value is -8.01. The molecule has 0 atom stereocenters. The summed E-state index contributed by atoms with van der Waals surface area (Å²) in [6.07, 6.45) is 0. The molecular formula is C57H38N2O. The Morgan fingerprint density at radius 2 is 0.850 bits per heavy atom. The maximum atomic E-state index is 6.54. The third-order valence-electron chi connectivity index (χ3n) is 11.5. The summed E-state index contributed by atoms with van der Waals surface area (Å²) in [5.74, 6) is 0.614. The molecule has 11 rings (SSSR count). The van der Waals surface area contributed by atoms with E-state index < -0.39 is 0 Å². The molecule has 0 amide bonds. The van der Waals surface area contributed by atoms with Crippen molar-refractivity contribution >= 4 is 49.7 Å². The van der Waals surface area contributed by atoms with Crippen LogP contribution in [-0.4, -0.2) is 4.98 Å². The monoisotopic (exact) mass is 766 g/mol. The Labute approximate surface area is 349 Å². The molecule has 11 aromatic rings. The summed E-state index contributed by atoms with van der Waals surface area (Å²) < 4.78 is 6.54. The first-order valence-electron chi connectivity index (χ1n) is 20.4. The number of hydrogen-bond acceptors (Lipinski definition) is 3. The average molecular weight is 767 g/mol. The van der Waals surface area contributed by atoms with Gasteiger partial charge in [0, 0.05) is 28.0 Å². The molecule has 1 aromatic heterocycles. The van der Waals surface area contributed by atoms with Gasteiger partial charge >= 0.3 is 0 Å². The van der Waals surface area contributed by atoms with Gasteiger partial charge in [0.1, 0.15) is 5.52 Å². The molecule has 0 aliphatic heterocycles. The van der Waals surface area contributed by atoms with Gasteiger partial charge in [-0.1, -0.05) is 170 Å². The van der Waals surface area contributed by atoms with Crippen molar-refractivity contribution in [1.29, 1.82) is 0 Å². The van der Waals surface area contributed by atoms with E-state index in [9.17, 15) is 0 Å². The standard InChI is InChI=1S/C57H38N2O/c1-3-11-39(12-4-1)41-23-27-46(28-24-41)57-58-55-36-31-48-38-51(34-35-54(48)56(55)60-57)59(49-32-29-42(30-33-49)40-13-5-2-6-14-40)50-18-9-17-47(37-50)43-21-25-45(26-22-43)53-20-10-16-44-15-7-8-19-52(44)53/h1-38H. The van der Waals surface area contributed by atoms with Gasteiger partial charge in [-0.3, -0.25) is 0 Å². The third-order valence-corrected chi connectivity index (χ3v) is 11.5. The Balaban J connectivity index is 0.964. The van der Waals surface area contributed by atoms with Gasteiger partial charge in [0.2, 0.25) is 5.89 Å². The van der Waals surface area contributed by atoms with Crippen LogP contribution in [0.2, 0.25) is 0 Å². The fourth-order valence-corrected chi connectivity index (χ4v) is 8.42. The summed E-state index contributed by atoms with van der Waals surface area (Å²) in [6.45, 7) is 0. The van der Waals surface area contributed by atoms with Gasteiger partial charge in [0.15, 0.2) is 5.58 Å². The van der Waals surface area contributed by atoms with E-state index in [1.807, 2.05) is 6.07 Å². The number of anilines is 3. The van der Waals surface area contributed by atoms with E-state index in [2.05, 4.69) is 229 Å². The van der Waals surface area contributed by atoms with Crippen LogP contribution in [0.3, 0.4) is 0 Å². The summed E-state index contributed by atoms with van der Waals surface area (Å²) in [5.41, 5.74) is 15.2. The Morgan fingerprint density at radius 3 is 1.58 bits per heavy atom. The highest BCUT2D eigenvalue weighted by Gasteiger charge is 2.17. The zero-order valence-electron chi connectivity index (χ0n) is 32.7.